The third kappa shape index (κ3) is 5.00. The van der Waals surface area contributed by atoms with Crippen molar-refractivity contribution in [2.45, 2.75) is 19.1 Å². The van der Waals surface area contributed by atoms with Crippen LogP contribution in [0.2, 0.25) is 0 Å². The molecule has 1 aromatic heterocycles. The molecule has 152 valence electrons. The van der Waals surface area contributed by atoms with Crippen LogP contribution in [0.1, 0.15) is 24.1 Å². The van der Waals surface area contributed by atoms with Crippen molar-refractivity contribution >= 4 is 11.6 Å². The number of para-hydroxylation sites is 1. The van der Waals surface area contributed by atoms with Gasteiger partial charge in [-0.2, -0.15) is 18.3 Å². The Hall–Kier alpha value is -3.20. The third-order valence-corrected chi connectivity index (χ3v) is 4.62. The summed E-state index contributed by atoms with van der Waals surface area (Å²) in [6.45, 7) is 1.86. The third-order valence-electron chi connectivity index (χ3n) is 4.62. The van der Waals surface area contributed by atoms with Crippen LogP contribution in [0.25, 0.3) is 5.69 Å². The van der Waals surface area contributed by atoms with Crippen LogP contribution in [0.3, 0.4) is 0 Å². The quantitative estimate of drug-likeness (QED) is 0.678. The van der Waals surface area contributed by atoms with E-state index in [0.29, 0.717) is 0 Å². The minimum Gasteiger partial charge on any atom is -0.324 e. The molecule has 0 aliphatic rings. The number of hydrogen-bond donors (Lipinski definition) is 1. The fourth-order valence-corrected chi connectivity index (χ4v) is 2.89. The van der Waals surface area contributed by atoms with E-state index in [4.69, 9.17) is 0 Å². The van der Waals surface area contributed by atoms with Gasteiger partial charge < -0.3 is 5.32 Å². The number of alkyl halides is 3. The summed E-state index contributed by atoms with van der Waals surface area (Å²) in [6.07, 6.45) is -1.50. The monoisotopic (exact) mass is 403 g/mol. The number of nitrogens with one attached hydrogen (secondary N) is 1. The SMILES string of the molecule is C[C@H](c1ccc(-n2cncn2)cc1)N(C)CC(=O)Nc1ccccc1C(F)(F)F. The predicted molar refractivity (Wildman–Crippen MR) is 102 cm³/mol. The zero-order valence-corrected chi connectivity index (χ0v) is 15.9. The Kier molecular flexibility index (Phi) is 5.97. The normalized spacial score (nSPS) is 12.8. The lowest BCUT2D eigenvalue weighted by molar-refractivity contribution is -0.137. The van der Waals surface area contributed by atoms with Crippen LogP contribution < -0.4 is 5.32 Å². The number of amides is 1. The Morgan fingerprint density at radius 1 is 1.17 bits per heavy atom. The summed E-state index contributed by atoms with van der Waals surface area (Å²) in [5, 5.41) is 6.42. The van der Waals surface area contributed by atoms with Gasteiger partial charge in [-0.25, -0.2) is 9.67 Å². The molecule has 0 saturated heterocycles. The van der Waals surface area contributed by atoms with E-state index >= 15 is 0 Å². The molecular weight excluding hydrogens is 383 g/mol. The first-order valence-electron chi connectivity index (χ1n) is 8.87. The van der Waals surface area contributed by atoms with Crippen LogP contribution in [0.5, 0.6) is 0 Å². The molecule has 0 fully saturated rings. The standard InChI is InChI=1S/C20H20F3N5O/c1-14(15-7-9-16(10-8-15)28-13-24-12-25-28)27(2)11-19(29)26-18-6-4-3-5-17(18)20(21,22)23/h3-10,12-14H,11H2,1-2H3,(H,26,29)/t14-/m1/s1. The van der Waals surface area contributed by atoms with Crippen LogP contribution in [-0.2, 0) is 11.0 Å². The number of nitrogens with zero attached hydrogens (tertiary/aromatic N) is 4. The molecular formula is C20H20F3N5O. The highest BCUT2D eigenvalue weighted by molar-refractivity contribution is 5.93. The highest BCUT2D eigenvalue weighted by Gasteiger charge is 2.33. The Morgan fingerprint density at radius 3 is 2.48 bits per heavy atom. The molecule has 1 N–H and O–H groups in total. The van der Waals surface area contributed by atoms with Crippen molar-refractivity contribution in [3.63, 3.8) is 0 Å². The molecule has 0 saturated carbocycles. The van der Waals surface area contributed by atoms with E-state index in [0.717, 1.165) is 17.3 Å². The topological polar surface area (TPSA) is 63.1 Å². The summed E-state index contributed by atoms with van der Waals surface area (Å²) in [5.74, 6) is -0.518. The van der Waals surface area contributed by atoms with Gasteiger partial charge in [0.05, 0.1) is 23.5 Å². The molecule has 0 unspecified atom stereocenters. The summed E-state index contributed by atoms with van der Waals surface area (Å²) in [5.41, 5.74) is 0.693. The highest BCUT2D eigenvalue weighted by atomic mass is 19.4. The number of rotatable bonds is 6. The van der Waals surface area contributed by atoms with E-state index < -0.39 is 17.6 Å². The largest absolute Gasteiger partial charge is 0.418 e. The molecule has 9 heteroatoms. The van der Waals surface area contributed by atoms with Gasteiger partial charge in [0.1, 0.15) is 12.7 Å². The minimum atomic E-state index is -4.53. The number of halogens is 3. The average molecular weight is 403 g/mol. The molecule has 0 radical (unpaired) electrons. The molecule has 2 aromatic carbocycles. The molecule has 29 heavy (non-hydrogen) atoms. The summed E-state index contributed by atoms with van der Waals surface area (Å²) in [7, 11) is 1.74. The first kappa shape index (κ1) is 20.5. The Labute approximate surface area is 166 Å². The second-order valence-electron chi connectivity index (χ2n) is 6.61. The molecule has 0 bridgehead atoms. The highest BCUT2D eigenvalue weighted by Crippen LogP contribution is 2.34. The molecule has 6 nitrogen and oxygen atoms in total. The maximum Gasteiger partial charge on any atom is 0.418 e. The lowest BCUT2D eigenvalue weighted by Crippen LogP contribution is -2.32. The molecule has 3 aromatic rings. The van der Waals surface area contributed by atoms with E-state index in [2.05, 4.69) is 15.4 Å². The first-order valence-corrected chi connectivity index (χ1v) is 8.87. The van der Waals surface area contributed by atoms with Gasteiger partial charge in [-0.05, 0) is 43.8 Å². The van der Waals surface area contributed by atoms with Gasteiger partial charge in [-0.15, -0.1) is 0 Å². The van der Waals surface area contributed by atoms with Crippen LogP contribution in [0.4, 0.5) is 18.9 Å². The van der Waals surface area contributed by atoms with Crippen molar-refractivity contribution in [2.24, 2.45) is 0 Å². The first-order chi connectivity index (χ1) is 13.8. The van der Waals surface area contributed by atoms with E-state index in [1.807, 2.05) is 31.2 Å². The van der Waals surface area contributed by atoms with Gasteiger partial charge in [0.25, 0.3) is 0 Å². The summed E-state index contributed by atoms with van der Waals surface area (Å²) >= 11 is 0. The zero-order chi connectivity index (χ0) is 21.0. The molecule has 0 spiro atoms. The van der Waals surface area contributed by atoms with Crippen molar-refractivity contribution in [2.75, 3.05) is 18.9 Å². The van der Waals surface area contributed by atoms with Crippen molar-refractivity contribution < 1.29 is 18.0 Å². The van der Waals surface area contributed by atoms with Crippen molar-refractivity contribution in [1.29, 1.82) is 0 Å². The van der Waals surface area contributed by atoms with Gasteiger partial charge >= 0.3 is 6.18 Å². The van der Waals surface area contributed by atoms with Gasteiger partial charge in [-0.3, -0.25) is 9.69 Å². The predicted octanol–water partition coefficient (Wildman–Crippen LogP) is 3.92. The number of benzene rings is 2. The fraction of sp³-hybridized carbons (Fsp3) is 0.250. The zero-order valence-electron chi connectivity index (χ0n) is 15.9. The lowest BCUT2D eigenvalue weighted by Gasteiger charge is -2.25. The second kappa shape index (κ2) is 8.44. The van der Waals surface area contributed by atoms with E-state index in [1.165, 1.54) is 24.5 Å². The summed E-state index contributed by atoms with van der Waals surface area (Å²) in [6, 6.07) is 12.4. The number of anilines is 1. The molecule has 1 atom stereocenters. The number of likely N-dealkylation sites (N-methyl/N-ethyl adjacent to an activating group) is 1. The van der Waals surface area contributed by atoms with Crippen LogP contribution in [0, 0.1) is 0 Å². The fourth-order valence-electron chi connectivity index (χ4n) is 2.89. The number of hydrogen-bond acceptors (Lipinski definition) is 4. The Bertz CT molecular complexity index is 955. The van der Waals surface area contributed by atoms with Crippen LogP contribution in [0.15, 0.2) is 61.2 Å². The van der Waals surface area contributed by atoms with Crippen molar-refractivity contribution in [3.05, 3.63) is 72.3 Å². The number of aromatic nitrogens is 3. The van der Waals surface area contributed by atoms with E-state index in [-0.39, 0.29) is 18.3 Å². The summed E-state index contributed by atoms with van der Waals surface area (Å²) < 4.78 is 40.8. The van der Waals surface area contributed by atoms with Gasteiger partial charge in [0, 0.05) is 6.04 Å². The smallest absolute Gasteiger partial charge is 0.324 e. The maximum atomic E-state index is 13.1. The lowest BCUT2D eigenvalue weighted by atomic mass is 10.1. The molecule has 1 amide bonds. The van der Waals surface area contributed by atoms with Crippen molar-refractivity contribution in [3.8, 4) is 5.69 Å². The van der Waals surface area contributed by atoms with Crippen molar-refractivity contribution in [1.82, 2.24) is 19.7 Å². The molecule has 3 rings (SSSR count). The van der Waals surface area contributed by atoms with Gasteiger partial charge in [0.15, 0.2) is 0 Å². The Morgan fingerprint density at radius 2 is 1.86 bits per heavy atom. The van der Waals surface area contributed by atoms with E-state index in [9.17, 15) is 18.0 Å². The molecule has 0 aliphatic heterocycles. The maximum absolute atomic E-state index is 13.1. The Balaban J connectivity index is 1.64. The number of carbonyl (C=O) groups is 1. The molecule has 1 heterocycles. The number of carbonyl (C=O) groups excluding carboxylic acids is 1. The second-order valence-corrected chi connectivity index (χ2v) is 6.61. The van der Waals surface area contributed by atoms with Gasteiger partial charge in [0.2, 0.25) is 5.91 Å². The summed E-state index contributed by atoms with van der Waals surface area (Å²) in [4.78, 5) is 18.0. The van der Waals surface area contributed by atoms with Crippen LogP contribution in [-0.4, -0.2) is 39.2 Å². The van der Waals surface area contributed by atoms with Crippen LogP contribution >= 0.6 is 0 Å². The van der Waals surface area contributed by atoms with E-state index in [1.54, 1.807) is 23.0 Å². The average Bonchev–Trinajstić information content (AvgIpc) is 3.22. The minimum absolute atomic E-state index is 0.0574. The van der Waals surface area contributed by atoms with Gasteiger partial charge in [-0.1, -0.05) is 24.3 Å². The molecule has 0 aliphatic carbocycles.